The van der Waals surface area contributed by atoms with E-state index < -0.39 is 26.4 Å². The van der Waals surface area contributed by atoms with Gasteiger partial charge in [0, 0.05) is 6.20 Å². The zero-order valence-corrected chi connectivity index (χ0v) is 14.1. The summed E-state index contributed by atoms with van der Waals surface area (Å²) in [5, 5.41) is 0.0865. The highest BCUT2D eigenvalue weighted by molar-refractivity contribution is 7.53. The molecule has 23 heavy (non-hydrogen) atoms. The van der Waals surface area contributed by atoms with E-state index in [1.54, 1.807) is 13.8 Å². The minimum absolute atomic E-state index is 0.00117. The average Bonchev–Trinajstić information content (AvgIpc) is 2.73. The maximum atomic E-state index is 11.5. The SMILES string of the molecule is CC(CO[P+](O)(O)O)OC(C)n1cc(Cl)c(C(N)=O)c1/N=C\N. The number of halogens is 1. The molecule has 2 atom stereocenters. The summed E-state index contributed by atoms with van der Waals surface area (Å²) >= 11 is 5.97. The number of hydrogen-bond acceptors (Lipinski definition) is 7. The molecule has 12 heteroatoms. The molecule has 1 heterocycles. The van der Waals surface area contributed by atoms with Gasteiger partial charge in [-0.05, 0) is 13.8 Å². The summed E-state index contributed by atoms with van der Waals surface area (Å²) in [6, 6.07) is 0. The minimum Gasteiger partial charge on any atom is -0.390 e. The first kappa shape index (κ1) is 19.8. The lowest BCUT2D eigenvalue weighted by Crippen LogP contribution is -2.21. The Morgan fingerprint density at radius 3 is 2.61 bits per heavy atom. The van der Waals surface area contributed by atoms with Crippen LogP contribution in [0.15, 0.2) is 11.2 Å². The molecule has 0 bridgehead atoms. The Labute approximate surface area is 137 Å². The second kappa shape index (κ2) is 8.02. The van der Waals surface area contributed by atoms with Gasteiger partial charge in [-0.3, -0.25) is 4.79 Å². The van der Waals surface area contributed by atoms with Crippen LogP contribution in [0, 0.1) is 0 Å². The van der Waals surface area contributed by atoms with Crippen molar-refractivity contribution in [2.75, 3.05) is 6.61 Å². The molecule has 0 aliphatic heterocycles. The fraction of sp³-hybridized carbons (Fsp3) is 0.455. The van der Waals surface area contributed by atoms with Gasteiger partial charge in [-0.2, -0.15) is 19.2 Å². The molecule has 0 fully saturated rings. The van der Waals surface area contributed by atoms with Gasteiger partial charge in [0.05, 0.1) is 17.5 Å². The van der Waals surface area contributed by atoms with Crippen molar-refractivity contribution in [2.45, 2.75) is 26.2 Å². The Hall–Kier alpha value is -1.26. The van der Waals surface area contributed by atoms with Gasteiger partial charge in [0.1, 0.15) is 18.4 Å². The van der Waals surface area contributed by atoms with Crippen LogP contribution < -0.4 is 11.5 Å². The summed E-state index contributed by atoms with van der Waals surface area (Å²) in [4.78, 5) is 41.6. The number of aliphatic imine (C=N–C) groups is 1. The monoisotopic (exact) mass is 369 g/mol. The van der Waals surface area contributed by atoms with Crippen LogP contribution in [-0.2, 0) is 9.26 Å². The van der Waals surface area contributed by atoms with E-state index in [1.807, 2.05) is 0 Å². The predicted octanol–water partition coefficient (Wildman–Crippen LogP) is 0.454. The van der Waals surface area contributed by atoms with Gasteiger partial charge in [-0.1, -0.05) is 11.6 Å². The summed E-state index contributed by atoms with van der Waals surface area (Å²) in [5.41, 5.74) is 10.5. The number of ether oxygens (including phenoxy) is 1. The van der Waals surface area contributed by atoms with Gasteiger partial charge in [0.2, 0.25) is 0 Å². The maximum Gasteiger partial charge on any atom is 0.567 e. The van der Waals surface area contributed by atoms with Crippen LogP contribution in [0.3, 0.4) is 0 Å². The molecule has 0 aliphatic carbocycles. The van der Waals surface area contributed by atoms with Crippen LogP contribution in [0.25, 0.3) is 0 Å². The second-order valence-corrected chi connectivity index (χ2v) is 6.27. The highest BCUT2D eigenvalue weighted by Crippen LogP contribution is 2.45. The Morgan fingerprint density at radius 2 is 2.13 bits per heavy atom. The molecular formula is C11H19ClN4O6P+. The Morgan fingerprint density at radius 1 is 1.52 bits per heavy atom. The number of aromatic nitrogens is 1. The molecule has 0 aromatic carbocycles. The third kappa shape index (κ3) is 5.70. The van der Waals surface area contributed by atoms with E-state index in [0.717, 1.165) is 6.34 Å². The Kier molecular flexibility index (Phi) is 6.90. The van der Waals surface area contributed by atoms with Crippen LogP contribution in [0.1, 0.15) is 30.4 Å². The zero-order chi connectivity index (χ0) is 17.8. The maximum absolute atomic E-state index is 11.5. The molecule has 0 saturated heterocycles. The van der Waals surface area contributed by atoms with Gasteiger partial charge in [-0.25, -0.2) is 4.99 Å². The molecule has 130 valence electrons. The lowest BCUT2D eigenvalue weighted by atomic mass is 10.3. The number of amides is 1. The van der Waals surface area contributed by atoms with Gasteiger partial charge in [0.15, 0.2) is 5.82 Å². The third-order valence-electron chi connectivity index (χ3n) is 2.71. The molecule has 0 aliphatic rings. The largest absolute Gasteiger partial charge is 0.567 e. The molecule has 1 aromatic heterocycles. The minimum atomic E-state index is -4.33. The van der Waals surface area contributed by atoms with Crippen molar-refractivity contribution in [3.8, 4) is 0 Å². The van der Waals surface area contributed by atoms with E-state index >= 15 is 0 Å². The van der Waals surface area contributed by atoms with Gasteiger partial charge in [0.25, 0.3) is 5.91 Å². The van der Waals surface area contributed by atoms with Crippen molar-refractivity contribution in [1.82, 2.24) is 4.57 Å². The lowest BCUT2D eigenvalue weighted by Gasteiger charge is -2.21. The van der Waals surface area contributed by atoms with Crippen LogP contribution in [-0.4, -0.2) is 44.2 Å². The highest BCUT2D eigenvalue weighted by Gasteiger charge is 2.34. The molecule has 1 amide bonds. The van der Waals surface area contributed by atoms with E-state index in [9.17, 15) is 4.79 Å². The molecular weight excluding hydrogens is 351 g/mol. The van der Waals surface area contributed by atoms with Gasteiger partial charge in [-0.15, -0.1) is 0 Å². The number of nitrogens with zero attached hydrogens (tertiary/aromatic N) is 2. The number of rotatable bonds is 8. The number of carbonyl (C=O) groups excluding carboxylic acids is 1. The van der Waals surface area contributed by atoms with Crippen molar-refractivity contribution in [1.29, 1.82) is 0 Å². The van der Waals surface area contributed by atoms with Crippen molar-refractivity contribution < 1.29 is 28.7 Å². The molecule has 0 saturated carbocycles. The summed E-state index contributed by atoms with van der Waals surface area (Å²) in [6.45, 7) is 2.94. The Bertz CT molecular complexity index is 588. The van der Waals surface area contributed by atoms with E-state index in [2.05, 4.69) is 9.52 Å². The first-order chi connectivity index (χ1) is 10.6. The normalized spacial score (nSPS) is 15.0. The van der Waals surface area contributed by atoms with E-state index in [0.29, 0.717) is 0 Å². The van der Waals surface area contributed by atoms with Crippen molar-refractivity contribution >= 4 is 37.8 Å². The van der Waals surface area contributed by atoms with Gasteiger partial charge >= 0.3 is 8.17 Å². The summed E-state index contributed by atoms with van der Waals surface area (Å²) < 4.78 is 11.5. The summed E-state index contributed by atoms with van der Waals surface area (Å²) in [7, 11) is -4.33. The van der Waals surface area contributed by atoms with Crippen LogP contribution in [0.4, 0.5) is 5.82 Å². The quantitative estimate of drug-likeness (QED) is 0.252. The average molecular weight is 370 g/mol. The highest BCUT2D eigenvalue weighted by atomic mass is 35.5. The molecule has 0 spiro atoms. The molecule has 2 unspecified atom stereocenters. The van der Waals surface area contributed by atoms with Crippen LogP contribution in [0.2, 0.25) is 5.02 Å². The smallest absolute Gasteiger partial charge is 0.390 e. The van der Waals surface area contributed by atoms with E-state index in [4.69, 9.17) is 42.5 Å². The summed E-state index contributed by atoms with van der Waals surface area (Å²) in [6.07, 6.45) is 1.10. The van der Waals surface area contributed by atoms with Crippen molar-refractivity contribution in [3.05, 3.63) is 16.8 Å². The predicted molar refractivity (Wildman–Crippen MR) is 85.1 cm³/mol. The fourth-order valence-electron chi connectivity index (χ4n) is 1.84. The van der Waals surface area contributed by atoms with Crippen molar-refractivity contribution in [2.24, 2.45) is 16.5 Å². The van der Waals surface area contributed by atoms with Crippen molar-refractivity contribution in [3.63, 3.8) is 0 Å². The van der Waals surface area contributed by atoms with Crippen LogP contribution in [0.5, 0.6) is 0 Å². The topological polar surface area (TPSA) is 166 Å². The molecule has 10 nitrogen and oxygen atoms in total. The van der Waals surface area contributed by atoms with Crippen LogP contribution >= 0.6 is 19.8 Å². The molecule has 1 aromatic rings. The number of carbonyl (C=O) groups is 1. The standard InChI is InChI=1S/C11H18ClN4O6P/c1-6(4-21-23(18,19)20)22-7(2)16-3-8(12)9(10(14)17)11(16)15-5-13/h3,5-7,18-20H,4H2,1-2H3,(H3-,13,14,15,17)/p+1. The van der Waals surface area contributed by atoms with E-state index in [-0.39, 0.29) is 23.0 Å². The lowest BCUT2D eigenvalue weighted by molar-refractivity contribution is -0.0562. The van der Waals surface area contributed by atoms with E-state index in [1.165, 1.54) is 10.8 Å². The molecule has 0 radical (unpaired) electrons. The van der Waals surface area contributed by atoms with Gasteiger partial charge < -0.3 is 20.8 Å². The fourth-order valence-corrected chi connectivity index (χ4v) is 2.53. The number of hydrogen-bond donors (Lipinski definition) is 5. The second-order valence-electron chi connectivity index (χ2n) is 4.58. The molecule has 1 rings (SSSR count). The zero-order valence-electron chi connectivity index (χ0n) is 12.5. The first-order valence-corrected chi connectivity index (χ1v) is 8.32. The molecule has 7 N–H and O–H groups in total. The first-order valence-electron chi connectivity index (χ1n) is 6.38. The number of primary amides is 1. The number of nitrogens with two attached hydrogens (primary N) is 2. The third-order valence-corrected chi connectivity index (χ3v) is 3.49. The Balaban J connectivity index is 2.93. The summed E-state index contributed by atoms with van der Waals surface area (Å²) in [5.74, 6) is -0.646.